The minimum absolute atomic E-state index is 0.0595. The van der Waals surface area contributed by atoms with E-state index in [4.69, 9.17) is 5.73 Å². The van der Waals surface area contributed by atoms with Gasteiger partial charge in [-0.15, -0.1) is 0 Å². The Hall–Kier alpha value is -1.70. The zero-order valence-corrected chi connectivity index (χ0v) is 13.5. The van der Waals surface area contributed by atoms with E-state index in [0.29, 0.717) is 17.2 Å². The zero-order valence-electron chi connectivity index (χ0n) is 12.7. The number of unbranched alkanes of at least 4 members (excludes halogenated alkanes) is 1. The lowest BCUT2D eigenvalue weighted by Crippen LogP contribution is -2.53. The van der Waals surface area contributed by atoms with Crippen LogP contribution < -0.4 is 16.0 Å². The second-order valence-corrected chi connectivity index (χ2v) is 7.30. The highest BCUT2D eigenvalue weighted by molar-refractivity contribution is 7.89. The van der Waals surface area contributed by atoms with Gasteiger partial charge in [-0.3, -0.25) is 4.79 Å². The molecular weight excluding hydrogens is 302 g/mol. The highest BCUT2D eigenvalue weighted by Crippen LogP contribution is 2.21. The smallest absolute Gasteiger partial charge is 0.255 e. The van der Waals surface area contributed by atoms with Crippen molar-refractivity contribution in [3.63, 3.8) is 0 Å². The molecule has 1 aromatic carbocycles. The van der Waals surface area contributed by atoms with Crippen molar-refractivity contribution in [3.8, 4) is 0 Å². The molecule has 0 aliphatic rings. The first-order chi connectivity index (χ1) is 10.3. The number of aromatic amines is 1. The summed E-state index contributed by atoms with van der Waals surface area (Å²) in [5.41, 5.74) is 4.69. The summed E-state index contributed by atoms with van der Waals surface area (Å²) in [5, 5.41) is 0.711. The van der Waals surface area contributed by atoms with Crippen LogP contribution in [0.5, 0.6) is 0 Å². The summed E-state index contributed by atoms with van der Waals surface area (Å²) in [7, 11) is -3.82. The fourth-order valence-corrected chi connectivity index (χ4v) is 3.93. The van der Waals surface area contributed by atoms with E-state index in [0.717, 1.165) is 12.8 Å². The van der Waals surface area contributed by atoms with Gasteiger partial charge in [-0.1, -0.05) is 25.8 Å². The normalized spacial score (nSPS) is 14.9. The molecule has 120 valence electrons. The standard InChI is InChI=1S/C15H21N3O3S/c1-3-4-9-15(2,16)18-22(20,21)13-7-5-6-12-11(13)8-10-17-14(12)19/h5-8,10,18H,3-4,9,16H2,1-2H3,(H,17,19). The van der Waals surface area contributed by atoms with Gasteiger partial charge in [0.05, 0.1) is 10.6 Å². The van der Waals surface area contributed by atoms with Gasteiger partial charge in [0, 0.05) is 17.0 Å². The summed E-state index contributed by atoms with van der Waals surface area (Å²) in [6.45, 7) is 3.67. The van der Waals surface area contributed by atoms with Crippen LogP contribution in [0.1, 0.15) is 33.1 Å². The first kappa shape index (κ1) is 16.7. The van der Waals surface area contributed by atoms with Gasteiger partial charge >= 0.3 is 0 Å². The molecule has 2 rings (SSSR count). The van der Waals surface area contributed by atoms with Gasteiger partial charge in [-0.25, -0.2) is 8.42 Å². The van der Waals surface area contributed by atoms with E-state index in [2.05, 4.69) is 9.71 Å². The maximum atomic E-state index is 12.6. The molecule has 1 atom stereocenters. The molecule has 0 aliphatic carbocycles. The largest absolute Gasteiger partial charge is 0.329 e. The van der Waals surface area contributed by atoms with Gasteiger partial charge in [0.2, 0.25) is 10.0 Å². The second-order valence-electron chi connectivity index (χ2n) is 5.65. The molecule has 1 heterocycles. The van der Waals surface area contributed by atoms with Gasteiger partial charge in [0.25, 0.3) is 5.56 Å². The molecule has 6 nitrogen and oxygen atoms in total. The average Bonchev–Trinajstić information content (AvgIpc) is 2.44. The van der Waals surface area contributed by atoms with Crippen LogP contribution in [0.15, 0.2) is 40.2 Å². The molecule has 7 heteroatoms. The van der Waals surface area contributed by atoms with Crippen LogP contribution in [-0.4, -0.2) is 19.1 Å². The van der Waals surface area contributed by atoms with Crippen LogP contribution in [0.2, 0.25) is 0 Å². The molecule has 0 bridgehead atoms. The molecule has 22 heavy (non-hydrogen) atoms. The molecule has 0 radical (unpaired) electrons. The lowest BCUT2D eigenvalue weighted by Gasteiger charge is -2.26. The Morgan fingerprint density at radius 3 is 2.68 bits per heavy atom. The van der Waals surface area contributed by atoms with Crippen LogP contribution in [-0.2, 0) is 10.0 Å². The number of hydrogen-bond donors (Lipinski definition) is 3. The Labute approximate surface area is 129 Å². The van der Waals surface area contributed by atoms with Crippen molar-refractivity contribution >= 4 is 20.8 Å². The molecule has 0 saturated carbocycles. The minimum atomic E-state index is -3.82. The number of fused-ring (bicyclic) bond motifs is 1. The number of pyridine rings is 1. The summed E-state index contributed by atoms with van der Waals surface area (Å²) in [6, 6.07) is 6.18. The quantitative estimate of drug-likeness (QED) is 0.703. The summed E-state index contributed by atoms with van der Waals surface area (Å²) < 4.78 is 27.8. The number of nitrogens with two attached hydrogens (primary N) is 1. The average molecular weight is 323 g/mol. The topological polar surface area (TPSA) is 105 Å². The van der Waals surface area contributed by atoms with E-state index >= 15 is 0 Å². The number of benzene rings is 1. The number of rotatable bonds is 6. The highest BCUT2D eigenvalue weighted by Gasteiger charge is 2.27. The van der Waals surface area contributed by atoms with Crippen molar-refractivity contribution in [2.24, 2.45) is 5.73 Å². The fraction of sp³-hybridized carbons (Fsp3) is 0.400. The SMILES string of the molecule is CCCCC(C)(N)NS(=O)(=O)c1cccc2c(=O)[nH]ccc12. The van der Waals surface area contributed by atoms with Crippen LogP contribution in [0.25, 0.3) is 10.8 Å². The maximum Gasteiger partial charge on any atom is 0.255 e. The molecule has 0 saturated heterocycles. The van der Waals surface area contributed by atoms with Gasteiger partial charge in [0.15, 0.2) is 0 Å². The van der Waals surface area contributed by atoms with Crippen LogP contribution in [0.4, 0.5) is 0 Å². The van der Waals surface area contributed by atoms with Crippen LogP contribution >= 0.6 is 0 Å². The van der Waals surface area contributed by atoms with Crippen molar-refractivity contribution in [2.75, 3.05) is 0 Å². The van der Waals surface area contributed by atoms with Crippen molar-refractivity contribution in [3.05, 3.63) is 40.8 Å². The van der Waals surface area contributed by atoms with Crippen LogP contribution in [0.3, 0.4) is 0 Å². The van der Waals surface area contributed by atoms with Crippen molar-refractivity contribution < 1.29 is 8.42 Å². The van der Waals surface area contributed by atoms with E-state index in [1.54, 1.807) is 25.1 Å². The number of H-pyrrole nitrogens is 1. The van der Waals surface area contributed by atoms with Gasteiger partial charge in [0.1, 0.15) is 0 Å². The molecule has 1 aromatic heterocycles. The Morgan fingerprint density at radius 2 is 2.00 bits per heavy atom. The first-order valence-electron chi connectivity index (χ1n) is 7.20. The number of aromatic nitrogens is 1. The monoisotopic (exact) mass is 323 g/mol. The number of hydrogen-bond acceptors (Lipinski definition) is 4. The Kier molecular flexibility index (Phi) is 4.69. The van der Waals surface area contributed by atoms with E-state index in [9.17, 15) is 13.2 Å². The fourth-order valence-electron chi connectivity index (χ4n) is 2.38. The summed E-state index contributed by atoms with van der Waals surface area (Å²) in [5.74, 6) is 0. The maximum absolute atomic E-state index is 12.6. The van der Waals surface area contributed by atoms with E-state index in [1.165, 1.54) is 12.3 Å². The Balaban J connectivity index is 2.47. The molecule has 2 aromatic rings. The summed E-state index contributed by atoms with van der Waals surface area (Å²) >= 11 is 0. The molecule has 0 fully saturated rings. The van der Waals surface area contributed by atoms with E-state index < -0.39 is 15.7 Å². The third-order valence-corrected chi connectivity index (χ3v) is 5.15. The van der Waals surface area contributed by atoms with Crippen molar-refractivity contribution in [2.45, 2.75) is 43.7 Å². The second kappa shape index (κ2) is 6.20. The molecule has 0 aliphatic heterocycles. The lowest BCUT2D eigenvalue weighted by molar-refractivity contribution is 0.387. The predicted octanol–water partition coefficient (Wildman–Crippen LogP) is 1.67. The van der Waals surface area contributed by atoms with Crippen molar-refractivity contribution in [1.82, 2.24) is 9.71 Å². The predicted molar refractivity (Wildman–Crippen MR) is 87.0 cm³/mol. The van der Waals surface area contributed by atoms with Crippen LogP contribution in [0, 0.1) is 0 Å². The molecule has 1 unspecified atom stereocenters. The first-order valence-corrected chi connectivity index (χ1v) is 8.68. The summed E-state index contributed by atoms with van der Waals surface area (Å²) in [4.78, 5) is 14.4. The zero-order chi connectivity index (χ0) is 16.4. The third-order valence-electron chi connectivity index (χ3n) is 3.48. The molecule has 4 N–H and O–H groups in total. The van der Waals surface area contributed by atoms with Gasteiger partial charge in [-0.05, 0) is 31.5 Å². The Bertz CT molecular complexity index is 825. The lowest BCUT2D eigenvalue weighted by atomic mass is 10.1. The van der Waals surface area contributed by atoms with E-state index in [1.807, 2.05) is 6.92 Å². The minimum Gasteiger partial charge on any atom is -0.329 e. The van der Waals surface area contributed by atoms with Gasteiger partial charge in [-0.2, -0.15) is 4.72 Å². The van der Waals surface area contributed by atoms with Gasteiger partial charge < -0.3 is 10.7 Å². The third kappa shape index (κ3) is 3.55. The van der Waals surface area contributed by atoms with Crippen molar-refractivity contribution in [1.29, 1.82) is 0 Å². The summed E-state index contributed by atoms with van der Waals surface area (Å²) in [6.07, 6.45) is 3.72. The molecular formula is C15H21N3O3S. The molecule has 0 amide bonds. The van der Waals surface area contributed by atoms with E-state index in [-0.39, 0.29) is 10.5 Å². The highest BCUT2D eigenvalue weighted by atomic mass is 32.2. The number of sulfonamides is 1. The number of nitrogens with one attached hydrogen (secondary N) is 2. The Morgan fingerprint density at radius 1 is 1.27 bits per heavy atom. The molecule has 0 spiro atoms.